The van der Waals surface area contributed by atoms with Crippen LogP contribution in [0.2, 0.25) is 0 Å². The number of aliphatic hydroxyl groups is 2. The summed E-state index contributed by atoms with van der Waals surface area (Å²) in [6.07, 6.45) is 14.3. The van der Waals surface area contributed by atoms with Crippen molar-refractivity contribution in [3.05, 3.63) is 59.3 Å². The van der Waals surface area contributed by atoms with E-state index >= 15 is 0 Å². The molecular formula is C50H72O14. The number of aliphatic hydroxyl groups excluding tert-OH is 1. The summed E-state index contributed by atoms with van der Waals surface area (Å²) in [5, 5.41) is 23.0. The normalized spacial score (nSPS) is 48.1. The molecule has 18 atom stereocenters. The Morgan fingerprint density at radius 2 is 1.55 bits per heavy atom. The molecule has 2 bridgehead atoms. The van der Waals surface area contributed by atoms with Crippen LogP contribution in [0.5, 0.6) is 0 Å². The summed E-state index contributed by atoms with van der Waals surface area (Å²) in [6, 6.07) is 0. The second kappa shape index (κ2) is 19.9. The number of carbonyl (C=O) groups excluding carboxylic acids is 2. The number of Topliss-reactive ketones (excluding diaryl/α,β-unsaturated/α-hetero) is 1. The highest BCUT2D eigenvalue weighted by atomic mass is 16.7. The number of methoxy groups -OCH3 is 2. The van der Waals surface area contributed by atoms with Crippen LogP contribution in [0.3, 0.4) is 0 Å². The predicted octanol–water partition coefficient (Wildman–Crippen LogP) is 6.12. The third kappa shape index (κ3) is 9.72. The highest BCUT2D eigenvalue weighted by Crippen LogP contribution is 2.47. The SMILES string of the molecule is CO[C@H]1C[C@H](O[C@H]2[C@H](C)O[C@@H](O[C@@H]3/C(C)=C/C[C@@H]4C[C@@H](C[C@]5(C=C[C@H](C)[C@@H](C6CCCCC6)O5)O4)OC(=O)[C@@H]4C=C(C)C(=O)[C@H]5OC/C(=C\C=C\[C@@H]3C)[C@]54O)C[C@@H]2OC)O[C@@H](C)[C@@H]1O. The van der Waals surface area contributed by atoms with Crippen molar-refractivity contribution in [2.45, 2.75) is 197 Å². The number of rotatable bonds is 7. The molecule has 0 aromatic rings. The van der Waals surface area contributed by atoms with E-state index in [-0.39, 0.29) is 42.5 Å². The molecule has 6 heterocycles. The van der Waals surface area contributed by atoms with Gasteiger partial charge in [-0.2, -0.15) is 0 Å². The van der Waals surface area contributed by atoms with Gasteiger partial charge in [0.2, 0.25) is 0 Å². The lowest BCUT2D eigenvalue weighted by atomic mass is 9.71. The van der Waals surface area contributed by atoms with Crippen LogP contribution in [0.1, 0.15) is 106 Å². The lowest BCUT2D eigenvalue weighted by molar-refractivity contribution is -0.318. The minimum atomic E-state index is -1.93. The van der Waals surface area contributed by atoms with E-state index in [0.29, 0.717) is 49.2 Å². The Labute approximate surface area is 378 Å². The van der Waals surface area contributed by atoms with E-state index in [9.17, 15) is 19.8 Å². The molecule has 2 N–H and O–H groups in total. The summed E-state index contributed by atoms with van der Waals surface area (Å²) in [6.45, 7) is 11.7. The van der Waals surface area contributed by atoms with Gasteiger partial charge in [0, 0.05) is 51.7 Å². The van der Waals surface area contributed by atoms with E-state index in [1.807, 2.05) is 32.1 Å². The topological polar surface area (TPSA) is 167 Å². The number of carbonyl (C=O) groups is 2. The third-order valence-corrected chi connectivity index (χ3v) is 15.2. The predicted molar refractivity (Wildman–Crippen MR) is 233 cm³/mol. The maximum atomic E-state index is 14.4. The Morgan fingerprint density at radius 1 is 0.828 bits per heavy atom. The van der Waals surface area contributed by atoms with Crippen molar-refractivity contribution in [1.82, 2.24) is 0 Å². The van der Waals surface area contributed by atoms with Crippen LogP contribution in [0.15, 0.2) is 59.3 Å². The molecule has 14 nitrogen and oxygen atoms in total. The zero-order valence-electron chi connectivity index (χ0n) is 38.9. The fourth-order valence-corrected chi connectivity index (χ4v) is 11.5. The minimum absolute atomic E-state index is 0.0236. The van der Waals surface area contributed by atoms with Gasteiger partial charge in [0.15, 0.2) is 30.3 Å². The molecule has 0 aromatic carbocycles. The van der Waals surface area contributed by atoms with Crippen LogP contribution in [-0.2, 0) is 57.0 Å². The maximum Gasteiger partial charge on any atom is 0.316 e. The monoisotopic (exact) mass is 896 g/mol. The molecule has 1 spiro atoms. The summed E-state index contributed by atoms with van der Waals surface area (Å²) in [4.78, 5) is 27.9. The van der Waals surface area contributed by atoms with Gasteiger partial charge in [-0.3, -0.25) is 9.59 Å². The van der Waals surface area contributed by atoms with Gasteiger partial charge in [-0.1, -0.05) is 69.6 Å². The molecule has 6 aliphatic heterocycles. The number of esters is 1. The van der Waals surface area contributed by atoms with Crippen molar-refractivity contribution in [2.75, 3.05) is 20.8 Å². The maximum absolute atomic E-state index is 14.4. The first-order chi connectivity index (χ1) is 30.6. The molecule has 5 fully saturated rings. The van der Waals surface area contributed by atoms with E-state index in [0.717, 1.165) is 18.4 Å². The van der Waals surface area contributed by atoms with Crippen LogP contribution in [0.4, 0.5) is 0 Å². The van der Waals surface area contributed by atoms with Crippen LogP contribution < -0.4 is 0 Å². The zero-order valence-corrected chi connectivity index (χ0v) is 38.9. The number of allylic oxidation sites excluding steroid dienone is 2. The van der Waals surface area contributed by atoms with Crippen molar-refractivity contribution >= 4 is 11.8 Å². The Morgan fingerprint density at radius 3 is 2.30 bits per heavy atom. The summed E-state index contributed by atoms with van der Waals surface area (Å²) in [7, 11) is 3.22. The number of fused-ring (bicyclic) bond motifs is 2. The van der Waals surface area contributed by atoms with E-state index in [2.05, 4.69) is 26.0 Å². The highest BCUT2D eigenvalue weighted by molar-refractivity contribution is 6.03. The van der Waals surface area contributed by atoms with E-state index < -0.39 is 84.7 Å². The van der Waals surface area contributed by atoms with Crippen molar-refractivity contribution in [3.63, 3.8) is 0 Å². The number of ether oxygens (including phenoxy) is 10. The molecule has 64 heavy (non-hydrogen) atoms. The first-order valence-electron chi connectivity index (χ1n) is 23.8. The number of ketones is 1. The van der Waals surface area contributed by atoms with Gasteiger partial charge < -0.3 is 57.6 Å². The summed E-state index contributed by atoms with van der Waals surface area (Å²) >= 11 is 0. The first-order valence-corrected chi connectivity index (χ1v) is 23.8. The molecule has 14 heteroatoms. The lowest BCUT2D eigenvalue weighted by Crippen LogP contribution is -2.57. The molecule has 2 aliphatic carbocycles. The van der Waals surface area contributed by atoms with E-state index in [4.69, 9.17) is 47.4 Å². The van der Waals surface area contributed by atoms with Crippen LogP contribution in [-0.4, -0.2) is 134 Å². The molecule has 8 rings (SSSR count). The summed E-state index contributed by atoms with van der Waals surface area (Å²) in [5.41, 5.74) is -0.200. The first kappa shape index (κ1) is 47.9. The molecule has 0 radical (unpaired) electrons. The molecule has 0 unspecified atom stereocenters. The smallest absolute Gasteiger partial charge is 0.316 e. The Kier molecular flexibility index (Phi) is 14.9. The van der Waals surface area contributed by atoms with Gasteiger partial charge in [-0.05, 0) is 75.7 Å². The number of hydrogen-bond acceptors (Lipinski definition) is 14. The molecule has 0 aromatic heterocycles. The van der Waals surface area contributed by atoms with Crippen molar-refractivity contribution < 1.29 is 67.2 Å². The summed E-state index contributed by atoms with van der Waals surface area (Å²) < 4.78 is 63.9. The second-order valence-electron chi connectivity index (χ2n) is 19.8. The molecule has 0 amide bonds. The van der Waals surface area contributed by atoms with Gasteiger partial charge in [-0.15, -0.1) is 0 Å². The second-order valence-corrected chi connectivity index (χ2v) is 19.8. The Hall–Kier alpha value is -2.60. The standard InChI is InChI=1S/C50H72O14/c1-27-13-12-16-34-26-57-47-42(51)30(4)21-37(50(34,47)54)48(53)60-36-22-35(63-49(25-36)20-19-29(3)45(64-49)33-14-10-9-11-15-33)18-17-28(2)44(27)61-41-24-39(56-8)46(32(6)59-41)62-40-23-38(55-7)43(52)31(5)58-40/h12-13,16-17,19-21,27,29,31-33,35-41,43-47,52,54H,9-11,14-15,18,22-26H2,1-8H3/b13-12+,28-17+,34-16+/t27-,29-,31-,32-,35+,36-,37-,38-,39-,40-,41-,43-,44-,45-,46-,47+,49+,50+/m0/s1. The van der Waals surface area contributed by atoms with Crippen LogP contribution in [0.25, 0.3) is 0 Å². The lowest BCUT2D eigenvalue weighted by Gasteiger charge is -2.49. The molecule has 356 valence electrons. The summed E-state index contributed by atoms with van der Waals surface area (Å²) in [5.74, 6) is -2.83. The molecule has 4 saturated heterocycles. The van der Waals surface area contributed by atoms with Crippen molar-refractivity contribution in [1.29, 1.82) is 0 Å². The van der Waals surface area contributed by atoms with Gasteiger partial charge >= 0.3 is 5.97 Å². The Balaban J connectivity index is 1.08. The number of hydrogen-bond donors (Lipinski definition) is 2. The van der Waals surface area contributed by atoms with Crippen LogP contribution in [0, 0.1) is 23.7 Å². The quantitative estimate of drug-likeness (QED) is 0.222. The molecule has 8 aliphatic rings. The van der Waals surface area contributed by atoms with Gasteiger partial charge in [-0.25, -0.2) is 0 Å². The van der Waals surface area contributed by atoms with E-state index in [1.54, 1.807) is 34.1 Å². The zero-order chi connectivity index (χ0) is 45.5. The third-order valence-electron chi connectivity index (χ3n) is 15.2. The van der Waals surface area contributed by atoms with Gasteiger partial charge in [0.05, 0.1) is 49.3 Å². The van der Waals surface area contributed by atoms with Gasteiger partial charge in [0.1, 0.15) is 29.8 Å². The molecule has 1 saturated carbocycles. The van der Waals surface area contributed by atoms with Crippen LogP contribution >= 0.6 is 0 Å². The van der Waals surface area contributed by atoms with Gasteiger partial charge in [0.25, 0.3) is 0 Å². The highest BCUT2D eigenvalue weighted by Gasteiger charge is 2.60. The average Bonchev–Trinajstić information content (AvgIpc) is 3.62. The molecular weight excluding hydrogens is 825 g/mol. The van der Waals surface area contributed by atoms with E-state index in [1.165, 1.54) is 25.3 Å². The van der Waals surface area contributed by atoms with Crippen molar-refractivity contribution in [3.8, 4) is 0 Å². The minimum Gasteiger partial charge on any atom is -0.462 e. The average molecular weight is 897 g/mol. The fourth-order valence-electron chi connectivity index (χ4n) is 11.5. The fraction of sp³-hybridized carbons (Fsp3) is 0.760. The van der Waals surface area contributed by atoms with Crippen molar-refractivity contribution in [2.24, 2.45) is 23.7 Å². The Bertz CT molecular complexity index is 1830. The largest absolute Gasteiger partial charge is 0.462 e.